The molecule has 3 N–H and O–H groups in total. The van der Waals surface area contributed by atoms with Gasteiger partial charge in [-0.1, -0.05) is 19.3 Å². The normalized spacial score (nSPS) is 18.3. The fraction of sp³-hybridized carbons (Fsp3) is 0.556. The Labute approximate surface area is 137 Å². The second-order valence-corrected chi connectivity index (χ2v) is 6.58. The Morgan fingerprint density at radius 2 is 1.52 bits per heavy atom. The highest BCUT2D eigenvalue weighted by Gasteiger charge is 2.23. The lowest BCUT2D eigenvalue weighted by atomic mass is 9.95. The van der Waals surface area contributed by atoms with Gasteiger partial charge in [-0.2, -0.15) is 0 Å². The van der Waals surface area contributed by atoms with Crippen LogP contribution in [-0.4, -0.2) is 30.4 Å². The van der Waals surface area contributed by atoms with Gasteiger partial charge in [0.15, 0.2) is 0 Å². The molecule has 0 bridgehead atoms. The number of benzene rings is 1. The van der Waals surface area contributed by atoms with E-state index in [0.717, 1.165) is 31.4 Å². The molecule has 1 aromatic rings. The Morgan fingerprint density at radius 1 is 0.870 bits per heavy atom. The number of rotatable bonds is 6. The zero-order valence-electron chi connectivity index (χ0n) is 13.4. The predicted octanol–water partition coefficient (Wildman–Crippen LogP) is 2.44. The van der Waals surface area contributed by atoms with Crippen LogP contribution in [0.1, 0.15) is 55.3 Å². The standard InChI is InChI=1S/C18H25N3O2/c22-17(20-15-4-2-1-3-5-15)12-19-14-8-6-13(7-9-14)18(23)21-16-10-11-16/h6-9,15-16,19H,1-5,10-12H2,(H,20,22)(H,21,23). The van der Waals surface area contributed by atoms with E-state index in [-0.39, 0.29) is 18.4 Å². The zero-order valence-corrected chi connectivity index (χ0v) is 13.4. The van der Waals surface area contributed by atoms with E-state index < -0.39 is 0 Å². The van der Waals surface area contributed by atoms with Gasteiger partial charge in [-0.05, 0) is 49.9 Å². The van der Waals surface area contributed by atoms with Crippen molar-refractivity contribution in [2.24, 2.45) is 0 Å². The summed E-state index contributed by atoms with van der Waals surface area (Å²) < 4.78 is 0. The third kappa shape index (κ3) is 4.98. The number of hydrogen-bond acceptors (Lipinski definition) is 3. The van der Waals surface area contributed by atoms with Crippen LogP contribution in [0.15, 0.2) is 24.3 Å². The van der Waals surface area contributed by atoms with Gasteiger partial charge in [0.05, 0.1) is 6.54 Å². The van der Waals surface area contributed by atoms with Crippen molar-refractivity contribution in [2.75, 3.05) is 11.9 Å². The average molecular weight is 315 g/mol. The van der Waals surface area contributed by atoms with Crippen LogP contribution in [0.25, 0.3) is 0 Å². The number of anilines is 1. The van der Waals surface area contributed by atoms with E-state index in [9.17, 15) is 9.59 Å². The number of carbonyl (C=O) groups excluding carboxylic acids is 2. The smallest absolute Gasteiger partial charge is 0.251 e. The van der Waals surface area contributed by atoms with Crippen molar-refractivity contribution >= 4 is 17.5 Å². The Morgan fingerprint density at radius 3 is 2.17 bits per heavy atom. The maximum atomic E-state index is 12.0. The second kappa shape index (κ2) is 7.49. The molecule has 0 aromatic heterocycles. The summed E-state index contributed by atoms with van der Waals surface area (Å²) in [6.07, 6.45) is 8.06. The van der Waals surface area contributed by atoms with Crippen LogP contribution in [0, 0.1) is 0 Å². The molecule has 2 aliphatic rings. The average Bonchev–Trinajstić information content (AvgIpc) is 3.38. The summed E-state index contributed by atoms with van der Waals surface area (Å²) in [4.78, 5) is 23.8. The van der Waals surface area contributed by atoms with Gasteiger partial charge in [-0.3, -0.25) is 9.59 Å². The van der Waals surface area contributed by atoms with Gasteiger partial charge in [-0.15, -0.1) is 0 Å². The summed E-state index contributed by atoms with van der Waals surface area (Å²) in [5, 5.41) is 9.15. The van der Waals surface area contributed by atoms with E-state index in [1.165, 1.54) is 19.3 Å². The summed E-state index contributed by atoms with van der Waals surface area (Å²) in [5.74, 6) is 0.0153. The molecule has 0 spiro atoms. The van der Waals surface area contributed by atoms with E-state index in [2.05, 4.69) is 16.0 Å². The SMILES string of the molecule is O=C(CNc1ccc(C(=O)NC2CC2)cc1)NC1CCCCC1. The minimum atomic E-state index is -0.0194. The molecule has 23 heavy (non-hydrogen) atoms. The maximum absolute atomic E-state index is 12.0. The lowest BCUT2D eigenvalue weighted by molar-refractivity contribution is -0.120. The van der Waals surface area contributed by atoms with Crippen molar-refractivity contribution in [2.45, 2.75) is 57.0 Å². The molecule has 2 aliphatic carbocycles. The third-order valence-corrected chi connectivity index (χ3v) is 4.48. The molecule has 1 aromatic carbocycles. The molecule has 0 atom stereocenters. The fourth-order valence-electron chi connectivity index (χ4n) is 2.94. The first kappa shape index (κ1) is 15.8. The topological polar surface area (TPSA) is 70.2 Å². The fourth-order valence-corrected chi connectivity index (χ4v) is 2.94. The van der Waals surface area contributed by atoms with Gasteiger partial charge < -0.3 is 16.0 Å². The first-order chi connectivity index (χ1) is 11.2. The van der Waals surface area contributed by atoms with Gasteiger partial charge in [-0.25, -0.2) is 0 Å². The molecular formula is C18H25N3O2. The van der Waals surface area contributed by atoms with Gasteiger partial charge in [0, 0.05) is 23.3 Å². The molecule has 2 amide bonds. The number of amides is 2. The van der Waals surface area contributed by atoms with Crippen LogP contribution >= 0.6 is 0 Å². The predicted molar refractivity (Wildman–Crippen MR) is 90.4 cm³/mol. The Bertz CT molecular complexity index is 546. The molecule has 0 aliphatic heterocycles. The molecule has 0 radical (unpaired) electrons. The van der Waals surface area contributed by atoms with E-state index in [1.807, 2.05) is 12.1 Å². The van der Waals surface area contributed by atoms with Crippen molar-refractivity contribution in [3.8, 4) is 0 Å². The second-order valence-electron chi connectivity index (χ2n) is 6.58. The molecule has 0 heterocycles. The van der Waals surface area contributed by atoms with Crippen LogP contribution in [0.4, 0.5) is 5.69 Å². The van der Waals surface area contributed by atoms with Gasteiger partial charge >= 0.3 is 0 Å². The molecule has 124 valence electrons. The van der Waals surface area contributed by atoms with Crippen molar-refractivity contribution < 1.29 is 9.59 Å². The zero-order chi connectivity index (χ0) is 16.1. The summed E-state index contributed by atoms with van der Waals surface area (Å²) in [7, 11) is 0. The van der Waals surface area contributed by atoms with Crippen molar-refractivity contribution in [1.29, 1.82) is 0 Å². The first-order valence-electron chi connectivity index (χ1n) is 8.65. The number of carbonyl (C=O) groups is 2. The highest BCUT2D eigenvalue weighted by Crippen LogP contribution is 2.20. The molecule has 2 fully saturated rings. The molecule has 0 saturated heterocycles. The summed E-state index contributed by atoms with van der Waals surface area (Å²) in [5.41, 5.74) is 1.51. The van der Waals surface area contributed by atoms with E-state index in [4.69, 9.17) is 0 Å². The van der Waals surface area contributed by atoms with Gasteiger partial charge in [0.25, 0.3) is 5.91 Å². The van der Waals surface area contributed by atoms with Crippen LogP contribution in [0.3, 0.4) is 0 Å². The molecule has 5 heteroatoms. The monoisotopic (exact) mass is 315 g/mol. The lowest BCUT2D eigenvalue weighted by Crippen LogP contribution is -2.39. The molecular weight excluding hydrogens is 290 g/mol. The Kier molecular flexibility index (Phi) is 5.16. The molecule has 2 saturated carbocycles. The lowest BCUT2D eigenvalue weighted by Gasteiger charge is -2.22. The van der Waals surface area contributed by atoms with Crippen molar-refractivity contribution in [1.82, 2.24) is 10.6 Å². The van der Waals surface area contributed by atoms with Crippen molar-refractivity contribution in [3.63, 3.8) is 0 Å². The first-order valence-corrected chi connectivity index (χ1v) is 8.65. The van der Waals surface area contributed by atoms with Crippen LogP contribution in [-0.2, 0) is 4.79 Å². The van der Waals surface area contributed by atoms with Crippen LogP contribution < -0.4 is 16.0 Å². The highest BCUT2D eigenvalue weighted by atomic mass is 16.2. The van der Waals surface area contributed by atoms with Crippen LogP contribution in [0.2, 0.25) is 0 Å². The van der Waals surface area contributed by atoms with E-state index in [0.29, 0.717) is 17.6 Å². The largest absolute Gasteiger partial charge is 0.376 e. The quantitative estimate of drug-likeness (QED) is 0.755. The Balaban J connectivity index is 1.42. The molecule has 5 nitrogen and oxygen atoms in total. The van der Waals surface area contributed by atoms with E-state index in [1.54, 1.807) is 12.1 Å². The minimum absolute atomic E-state index is 0.0194. The third-order valence-electron chi connectivity index (χ3n) is 4.48. The van der Waals surface area contributed by atoms with Crippen LogP contribution in [0.5, 0.6) is 0 Å². The number of hydrogen-bond donors (Lipinski definition) is 3. The maximum Gasteiger partial charge on any atom is 0.251 e. The Hall–Kier alpha value is -2.04. The summed E-state index contributed by atoms with van der Waals surface area (Å²) in [6.45, 7) is 0.268. The summed E-state index contributed by atoms with van der Waals surface area (Å²) >= 11 is 0. The van der Waals surface area contributed by atoms with E-state index >= 15 is 0 Å². The minimum Gasteiger partial charge on any atom is -0.376 e. The highest BCUT2D eigenvalue weighted by molar-refractivity contribution is 5.95. The summed E-state index contributed by atoms with van der Waals surface area (Å²) in [6, 6.07) is 7.97. The van der Waals surface area contributed by atoms with Crippen molar-refractivity contribution in [3.05, 3.63) is 29.8 Å². The van der Waals surface area contributed by atoms with Gasteiger partial charge in [0.1, 0.15) is 0 Å². The van der Waals surface area contributed by atoms with Gasteiger partial charge in [0.2, 0.25) is 5.91 Å². The number of nitrogens with one attached hydrogen (secondary N) is 3. The molecule has 0 unspecified atom stereocenters. The molecule has 3 rings (SSSR count).